The molecule has 2 amide bonds. The molecular formula is C18H20N4O3. The van der Waals surface area contributed by atoms with Crippen molar-refractivity contribution >= 4 is 11.8 Å². The van der Waals surface area contributed by atoms with Crippen molar-refractivity contribution in [2.24, 2.45) is 11.7 Å². The van der Waals surface area contributed by atoms with Crippen LogP contribution in [0.1, 0.15) is 28.9 Å². The Morgan fingerprint density at radius 3 is 2.56 bits per heavy atom. The van der Waals surface area contributed by atoms with Gasteiger partial charge in [0.1, 0.15) is 18.6 Å². The van der Waals surface area contributed by atoms with Gasteiger partial charge in [-0.2, -0.15) is 0 Å². The maximum Gasteiger partial charge on any atom is 0.272 e. The first-order valence-corrected chi connectivity index (χ1v) is 8.21. The first-order valence-electron chi connectivity index (χ1n) is 8.21. The molecule has 0 saturated carbocycles. The molecule has 1 aromatic carbocycles. The number of piperidine rings is 1. The fourth-order valence-electron chi connectivity index (χ4n) is 2.80. The van der Waals surface area contributed by atoms with Crippen molar-refractivity contribution in [1.29, 1.82) is 0 Å². The summed E-state index contributed by atoms with van der Waals surface area (Å²) in [5, 5.41) is 0. The zero-order chi connectivity index (χ0) is 17.6. The van der Waals surface area contributed by atoms with Gasteiger partial charge in [-0.25, -0.2) is 9.97 Å². The van der Waals surface area contributed by atoms with Crippen LogP contribution < -0.4 is 10.5 Å². The molecule has 0 unspecified atom stereocenters. The molecule has 0 aliphatic carbocycles. The average molecular weight is 340 g/mol. The third-order valence-corrected chi connectivity index (χ3v) is 4.28. The lowest BCUT2D eigenvalue weighted by molar-refractivity contribution is -0.123. The van der Waals surface area contributed by atoms with Crippen molar-refractivity contribution in [2.75, 3.05) is 13.1 Å². The van der Waals surface area contributed by atoms with E-state index in [1.807, 2.05) is 30.3 Å². The summed E-state index contributed by atoms with van der Waals surface area (Å²) in [6.07, 6.45) is 2.50. The van der Waals surface area contributed by atoms with Crippen molar-refractivity contribution < 1.29 is 14.3 Å². The van der Waals surface area contributed by atoms with E-state index in [-0.39, 0.29) is 23.4 Å². The summed E-state index contributed by atoms with van der Waals surface area (Å²) in [7, 11) is 0. The van der Waals surface area contributed by atoms with Crippen LogP contribution in [0.5, 0.6) is 5.88 Å². The van der Waals surface area contributed by atoms with E-state index in [0.29, 0.717) is 38.4 Å². The highest BCUT2D eigenvalue weighted by atomic mass is 16.5. The van der Waals surface area contributed by atoms with Gasteiger partial charge in [-0.15, -0.1) is 0 Å². The van der Waals surface area contributed by atoms with E-state index in [1.165, 1.54) is 6.33 Å². The Balaban J connectivity index is 1.61. The molecule has 25 heavy (non-hydrogen) atoms. The molecule has 2 aromatic rings. The molecule has 0 spiro atoms. The number of ether oxygens (including phenoxy) is 1. The van der Waals surface area contributed by atoms with Gasteiger partial charge < -0.3 is 15.4 Å². The van der Waals surface area contributed by atoms with Gasteiger partial charge in [-0.05, 0) is 18.4 Å². The van der Waals surface area contributed by atoms with Crippen molar-refractivity contribution in [2.45, 2.75) is 19.4 Å². The van der Waals surface area contributed by atoms with Gasteiger partial charge in [-0.3, -0.25) is 9.59 Å². The molecule has 130 valence electrons. The molecule has 7 heteroatoms. The topological polar surface area (TPSA) is 98.4 Å². The molecular weight excluding hydrogens is 320 g/mol. The van der Waals surface area contributed by atoms with Crippen molar-refractivity contribution in [1.82, 2.24) is 14.9 Å². The second-order valence-electron chi connectivity index (χ2n) is 5.98. The number of amides is 2. The van der Waals surface area contributed by atoms with Gasteiger partial charge >= 0.3 is 0 Å². The number of primary amides is 1. The van der Waals surface area contributed by atoms with Crippen LogP contribution in [0.15, 0.2) is 42.7 Å². The van der Waals surface area contributed by atoms with Crippen LogP contribution in [0.2, 0.25) is 0 Å². The maximum absolute atomic E-state index is 12.6. The Morgan fingerprint density at radius 2 is 1.88 bits per heavy atom. The number of rotatable bonds is 5. The van der Waals surface area contributed by atoms with Gasteiger partial charge in [0.05, 0.1) is 0 Å². The molecule has 2 N–H and O–H groups in total. The normalized spacial score (nSPS) is 15.0. The highest BCUT2D eigenvalue weighted by Gasteiger charge is 2.27. The average Bonchev–Trinajstić information content (AvgIpc) is 2.67. The monoisotopic (exact) mass is 340 g/mol. The minimum atomic E-state index is -0.300. The van der Waals surface area contributed by atoms with E-state index >= 15 is 0 Å². The molecule has 1 aliphatic rings. The molecule has 0 radical (unpaired) electrons. The van der Waals surface area contributed by atoms with Crippen molar-refractivity contribution in [3.05, 3.63) is 54.0 Å². The Hall–Kier alpha value is -2.96. The fraction of sp³-hybridized carbons (Fsp3) is 0.333. The van der Waals surface area contributed by atoms with Crippen molar-refractivity contribution in [3.8, 4) is 5.88 Å². The summed E-state index contributed by atoms with van der Waals surface area (Å²) in [6.45, 7) is 1.36. The van der Waals surface area contributed by atoms with E-state index < -0.39 is 0 Å². The molecule has 0 bridgehead atoms. The lowest BCUT2D eigenvalue weighted by atomic mass is 9.96. The number of carbonyl (C=O) groups excluding carboxylic acids is 2. The zero-order valence-electron chi connectivity index (χ0n) is 13.8. The first-order chi connectivity index (χ1) is 12.1. The smallest absolute Gasteiger partial charge is 0.272 e. The number of aromatic nitrogens is 2. The SMILES string of the molecule is NC(=O)C1CCN(C(=O)c2cc(OCc3ccccc3)ncn2)CC1. The predicted octanol–water partition coefficient (Wildman–Crippen LogP) is 1.39. The van der Waals surface area contributed by atoms with Crippen LogP contribution in [-0.4, -0.2) is 39.8 Å². The largest absolute Gasteiger partial charge is 0.473 e. The second kappa shape index (κ2) is 7.74. The van der Waals surface area contributed by atoms with Crippen molar-refractivity contribution in [3.63, 3.8) is 0 Å². The summed E-state index contributed by atoms with van der Waals surface area (Å²) < 4.78 is 5.64. The number of nitrogens with zero attached hydrogens (tertiary/aromatic N) is 3. The van der Waals surface area contributed by atoms with E-state index in [9.17, 15) is 9.59 Å². The lowest BCUT2D eigenvalue weighted by Gasteiger charge is -2.30. The lowest BCUT2D eigenvalue weighted by Crippen LogP contribution is -2.42. The van der Waals surface area contributed by atoms with Gasteiger partial charge in [0.25, 0.3) is 5.91 Å². The summed E-state index contributed by atoms with van der Waals surface area (Å²) in [6, 6.07) is 11.3. The predicted molar refractivity (Wildman–Crippen MR) is 90.6 cm³/mol. The molecule has 1 aromatic heterocycles. The van der Waals surface area contributed by atoms with E-state index in [1.54, 1.807) is 11.0 Å². The van der Waals surface area contributed by atoms with Crippen LogP contribution in [0.4, 0.5) is 0 Å². The number of benzene rings is 1. The molecule has 1 saturated heterocycles. The molecule has 0 atom stereocenters. The Labute approximate surface area is 145 Å². The molecule has 1 fully saturated rings. The summed E-state index contributed by atoms with van der Waals surface area (Å²) in [5.74, 6) is -0.283. The van der Waals surface area contributed by atoms with Gasteiger partial charge in [0, 0.05) is 25.1 Å². The number of carbonyl (C=O) groups is 2. The standard InChI is InChI=1S/C18H20N4O3/c19-17(23)14-6-8-22(9-7-14)18(24)15-10-16(21-12-20-15)25-11-13-4-2-1-3-5-13/h1-5,10,12,14H,6-9,11H2,(H2,19,23). The van der Waals surface area contributed by atoms with Crippen LogP contribution in [-0.2, 0) is 11.4 Å². The molecule has 3 rings (SSSR count). The minimum absolute atomic E-state index is 0.154. The third kappa shape index (κ3) is 4.32. The van der Waals surface area contributed by atoms with Gasteiger partial charge in [0.15, 0.2) is 0 Å². The van der Waals surface area contributed by atoms with Gasteiger partial charge in [0.2, 0.25) is 11.8 Å². The highest BCUT2D eigenvalue weighted by Crippen LogP contribution is 2.19. The summed E-state index contributed by atoms with van der Waals surface area (Å²) in [5.41, 5.74) is 6.63. The van der Waals surface area contributed by atoms with Crippen LogP contribution >= 0.6 is 0 Å². The quantitative estimate of drug-likeness (QED) is 0.887. The number of nitrogens with two attached hydrogens (primary N) is 1. The van der Waals surface area contributed by atoms with E-state index in [4.69, 9.17) is 10.5 Å². The summed E-state index contributed by atoms with van der Waals surface area (Å²) >= 11 is 0. The van der Waals surface area contributed by atoms with E-state index in [0.717, 1.165) is 5.56 Å². The van der Waals surface area contributed by atoms with Crippen LogP contribution in [0, 0.1) is 5.92 Å². The van der Waals surface area contributed by atoms with E-state index in [2.05, 4.69) is 9.97 Å². The number of hydrogen-bond donors (Lipinski definition) is 1. The van der Waals surface area contributed by atoms with Crippen LogP contribution in [0.3, 0.4) is 0 Å². The number of hydrogen-bond acceptors (Lipinski definition) is 5. The Bertz CT molecular complexity index is 743. The fourth-order valence-corrected chi connectivity index (χ4v) is 2.80. The molecule has 2 heterocycles. The molecule has 1 aliphatic heterocycles. The molecule has 7 nitrogen and oxygen atoms in total. The third-order valence-electron chi connectivity index (χ3n) is 4.28. The highest BCUT2D eigenvalue weighted by molar-refractivity contribution is 5.92. The zero-order valence-corrected chi connectivity index (χ0v) is 13.8. The van der Waals surface area contributed by atoms with Gasteiger partial charge in [-0.1, -0.05) is 30.3 Å². The summed E-state index contributed by atoms with van der Waals surface area (Å²) in [4.78, 5) is 33.6. The second-order valence-corrected chi connectivity index (χ2v) is 5.98. The Morgan fingerprint density at radius 1 is 1.16 bits per heavy atom. The minimum Gasteiger partial charge on any atom is -0.473 e. The first kappa shape index (κ1) is 16.9. The maximum atomic E-state index is 12.6. The van der Waals surface area contributed by atoms with Crippen LogP contribution in [0.25, 0.3) is 0 Å². The number of likely N-dealkylation sites (tertiary alicyclic amines) is 1. The Kier molecular flexibility index (Phi) is 5.23.